The molecule has 1 heterocycles. The first-order chi connectivity index (χ1) is 9.08. The average molecular weight is 298 g/mol. The van der Waals surface area contributed by atoms with Gasteiger partial charge in [-0.25, -0.2) is 0 Å². The van der Waals surface area contributed by atoms with E-state index in [0.717, 1.165) is 24.2 Å². The Morgan fingerprint density at radius 2 is 2.05 bits per heavy atom. The van der Waals surface area contributed by atoms with Crippen molar-refractivity contribution in [2.24, 2.45) is 5.73 Å². The zero-order valence-electron chi connectivity index (χ0n) is 11.5. The summed E-state index contributed by atoms with van der Waals surface area (Å²) in [4.78, 5) is 24.7. The van der Waals surface area contributed by atoms with Crippen LogP contribution in [0.25, 0.3) is 0 Å². The fourth-order valence-corrected chi connectivity index (χ4v) is 2.07. The van der Waals surface area contributed by atoms with E-state index >= 15 is 0 Å². The first-order valence-corrected chi connectivity index (χ1v) is 6.50. The smallest absolute Gasteiger partial charge is 0.236 e. The molecule has 20 heavy (non-hydrogen) atoms. The molecule has 5 nitrogen and oxygen atoms in total. The maximum Gasteiger partial charge on any atom is 0.236 e. The number of carbonyl (C=O) groups excluding carboxylic acids is 2. The third-order valence-electron chi connectivity index (χ3n) is 3.20. The van der Waals surface area contributed by atoms with E-state index in [0.29, 0.717) is 13.0 Å². The van der Waals surface area contributed by atoms with E-state index in [2.05, 4.69) is 5.32 Å². The van der Waals surface area contributed by atoms with Crippen molar-refractivity contribution in [3.05, 3.63) is 29.8 Å². The van der Waals surface area contributed by atoms with Crippen LogP contribution in [0.4, 0.5) is 5.69 Å². The van der Waals surface area contributed by atoms with Crippen LogP contribution in [0.3, 0.4) is 0 Å². The Morgan fingerprint density at radius 3 is 2.55 bits per heavy atom. The van der Waals surface area contributed by atoms with E-state index in [9.17, 15) is 9.59 Å². The van der Waals surface area contributed by atoms with Crippen LogP contribution in [0.15, 0.2) is 24.3 Å². The van der Waals surface area contributed by atoms with Gasteiger partial charge in [0.25, 0.3) is 0 Å². The van der Waals surface area contributed by atoms with Crippen molar-refractivity contribution in [1.82, 2.24) is 5.32 Å². The maximum absolute atomic E-state index is 11.6. The van der Waals surface area contributed by atoms with Crippen molar-refractivity contribution in [3.8, 4) is 0 Å². The third-order valence-corrected chi connectivity index (χ3v) is 3.20. The van der Waals surface area contributed by atoms with Crippen molar-refractivity contribution >= 4 is 29.9 Å². The van der Waals surface area contributed by atoms with Crippen molar-refractivity contribution in [2.75, 3.05) is 11.4 Å². The fraction of sp³-hybridized carbons (Fsp3) is 0.429. The Morgan fingerprint density at radius 1 is 1.40 bits per heavy atom. The van der Waals surface area contributed by atoms with Gasteiger partial charge < -0.3 is 16.0 Å². The van der Waals surface area contributed by atoms with Crippen LogP contribution >= 0.6 is 12.4 Å². The quantitative estimate of drug-likeness (QED) is 0.877. The minimum absolute atomic E-state index is 0. The molecule has 1 aliphatic heterocycles. The molecule has 110 valence electrons. The molecule has 2 amide bonds. The minimum Gasteiger partial charge on any atom is -0.351 e. The van der Waals surface area contributed by atoms with E-state index in [-0.39, 0.29) is 24.2 Å². The normalized spacial score (nSPS) is 15.7. The van der Waals surface area contributed by atoms with Crippen molar-refractivity contribution < 1.29 is 9.59 Å². The second-order valence-electron chi connectivity index (χ2n) is 4.82. The molecule has 0 unspecified atom stereocenters. The molecular weight excluding hydrogens is 278 g/mol. The van der Waals surface area contributed by atoms with Crippen LogP contribution in [-0.4, -0.2) is 24.4 Å². The summed E-state index contributed by atoms with van der Waals surface area (Å²) in [6.07, 6.45) is 1.55. The highest BCUT2D eigenvalue weighted by molar-refractivity contribution is 5.95. The van der Waals surface area contributed by atoms with E-state index in [1.165, 1.54) is 0 Å². The highest BCUT2D eigenvalue weighted by Gasteiger charge is 2.21. The number of amides is 2. The van der Waals surface area contributed by atoms with Gasteiger partial charge in [-0.05, 0) is 31.0 Å². The van der Waals surface area contributed by atoms with Crippen LogP contribution in [0, 0.1) is 0 Å². The molecule has 1 saturated heterocycles. The number of hydrogen-bond donors (Lipinski definition) is 2. The summed E-state index contributed by atoms with van der Waals surface area (Å²) in [6, 6.07) is 7.17. The maximum atomic E-state index is 11.6. The zero-order chi connectivity index (χ0) is 13.8. The number of nitrogens with one attached hydrogen (secondary N) is 1. The molecule has 1 aliphatic rings. The molecule has 2 rings (SSSR count). The number of benzene rings is 1. The van der Waals surface area contributed by atoms with Crippen LogP contribution in [0.2, 0.25) is 0 Å². The first-order valence-electron chi connectivity index (χ1n) is 6.50. The Labute approximate surface area is 124 Å². The van der Waals surface area contributed by atoms with E-state index in [4.69, 9.17) is 5.73 Å². The number of rotatable bonds is 4. The molecule has 0 bridgehead atoms. The SMILES string of the molecule is C[C@H](N)C(=O)NCc1ccc(N2CCCC2=O)cc1.Cl. The number of anilines is 1. The second-order valence-corrected chi connectivity index (χ2v) is 4.82. The van der Waals surface area contributed by atoms with Gasteiger partial charge in [-0.15, -0.1) is 12.4 Å². The minimum atomic E-state index is -0.499. The number of hydrogen-bond acceptors (Lipinski definition) is 3. The summed E-state index contributed by atoms with van der Waals surface area (Å²) >= 11 is 0. The fourth-order valence-electron chi connectivity index (χ4n) is 2.07. The lowest BCUT2D eigenvalue weighted by atomic mass is 10.2. The molecule has 6 heteroatoms. The lowest BCUT2D eigenvalue weighted by Gasteiger charge is -2.16. The molecule has 1 fully saturated rings. The van der Waals surface area contributed by atoms with E-state index in [1.807, 2.05) is 24.3 Å². The topological polar surface area (TPSA) is 75.4 Å². The van der Waals surface area contributed by atoms with Gasteiger partial charge in [0.2, 0.25) is 11.8 Å². The van der Waals surface area contributed by atoms with Gasteiger partial charge in [-0.1, -0.05) is 12.1 Å². The van der Waals surface area contributed by atoms with Crippen molar-refractivity contribution in [2.45, 2.75) is 32.4 Å². The van der Waals surface area contributed by atoms with Crippen LogP contribution in [0.1, 0.15) is 25.3 Å². The lowest BCUT2D eigenvalue weighted by molar-refractivity contribution is -0.122. The number of nitrogens with two attached hydrogens (primary N) is 1. The first kappa shape index (κ1) is 16.5. The standard InChI is InChI=1S/C14H19N3O2.ClH/c1-10(15)14(19)16-9-11-4-6-12(7-5-11)17-8-2-3-13(17)18;/h4-7,10H,2-3,8-9,15H2,1H3,(H,16,19);1H/t10-;/m0./s1. The van der Waals surface area contributed by atoms with Crippen molar-refractivity contribution in [3.63, 3.8) is 0 Å². The summed E-state index contributed by atoms with van der Waals surface area (Å²) in [5.41, 5.74) is 7.38. The summed E-state index contributed by atoms with van der Waals surface area (Å²) in [7, 11) is 0. The predicted octanol–water partition coefficient (Wildman–Crippen LogP) is 1.20. The van der Waals surface area contributed by atoms with Gasteiger partial charge >= 0.3 is 0 Å². The molecule has 0 aromatic heterocycles. The molecular formula is C14H20ClN3O2. The molecule has 1 aromatic rings. The van der Waals surface area contributed by atoms with Gasteiger partial charge in [-0.2, -0.15) is 0 Å². The Hall–Kier alpha value is -1.59. The Kier molecular flexibility index (Phi) is 5.98. The zero-order valence-corrected chi connectivity index (χ0v) is 12.3. The molecule has 0 radical (unpaired) electrons. The molecule has 0 saturated carbocycles. The molecule has 1 atom stereocenters. The molecule has 0 aliphatic carbocycles. The predicted molar refractivity (Wildman–Crippen MR) is 80.8 cm³/mol. The van der Waals surface area contributed by atoms with Gasteiger partial charge in [0, 0.05) is 25.2 Å². The van der Waals surface area contributed by atoms with E-state index in [1.54, 1.807) is 11.8 Å². The second kappa shape index (κ2) is 7.26. The Balaban J connectivity index is 0.00000200. The number of carbonyl (C=O) groups is 2. The van der Waals surface area contributed by atoms with Gasteiger partial charge in [-0.3, -0.25) is 9.59 Å². The average Bonchev–Trinajstić information content (AvgIpc) is 2.82. The van der Waals surface area contributed by atoms with Crippen molar-refractivity contribution in [1.29, 1.82) is 0 Å². The number of halogens is 1. The summed E-state index contributed by atoms with van der Waals surface area (Å²) in [6.45, 7) is 2.89. The summed E-state index contributed by atoms with van der Waals surface area (Å²) in [5.74, 6) is 0.0109. The number of nitrogens with zero attached hydrogens (tertiary/aromatic N) is 1. The lowest BCUT2D eigenvalue weighted by Crippen LogP contribution is -2.37. The van der Waals surface area contributed by atoms with Crippen LogP contribution in [-0.2, 0) is 16.1 Å². The van der Waals surface area contributed by atoms with Gasteiger partial charge in [0.05, 0.1) is 6.04 Å². The van der Waals surface area contributed by atoms with Crippen LogP contribution < -0.4 is 16.0 Å². The summed E-state index contributed by atoms with van der Waals surface area (Å²) < 4.78 is 0. The molecule has 0 spiro atoms. The third kappa shape index (κ3) is 3.95. The summed E-state index contributed by atoms with van der Waals surface area (Å²) in [5, 5.41) is 2.75. The molecule has 1 aromatic carbocycles. The van der Waals surface area contributed by atoms with Crippen LogP contribution in [0.5, 0.6) is 0 Å². The highest BCUT2D eigenvalue weighted by Crippen LogP contribution is 2.21. The monoisotopic (exact) mass is 297 g/mol. The van der Waals surface area contributed by atoms with Gasteiger partial charge in [0.15, 0.2) is 0 Å². The largest absolute Gasteiger partial charge is 0.351 e. The van der Waals surface area contributed by atoms with E-state index < -0.39 is 6.04 Å². The molecule has 3 N–H and O–H groups in total. The van der Waals surface area contributed by atoms with Gasteiger partial charge in [0.1, 0.15) is 0 Å². The highest BCUT2D eigenvalue weighted by atomic mass is 35.5. The Bertz CT molecular complexity index is 474.